The van der Waals surface area contributed by atoms with Crippen LogP contribution in [0.2, 0.25) is 0 Å². The number of alkyl halides is 3. The Morgan fingerprint density at radius 3 is 2.17 bits per heavy atom. The van der Waals surface area contributed by atoms with Gasteiger partial charge in [0.05, 0.1) is 23.2 Å². The third-order valence-electron chi connectivity index (χ3n) is 9.79. The van der Waals surface area contributed by atoms with Crippen molar-refractivity contribution in [1.29, 1.82) is 0 Å². The van der Waals surface area contributed by atoms with Crippen molar-refractivity contribution in [2.45, 2.75) is 103 Å². The van der Waals surface area contributed by atoms with Gasteiger partial charge in [0.1, 0.15) is 40.8 Å². The summed E-state index contributed by atoms with van der Waals surface area (Å²) in [5.41, 5.74) is -0.170. The number of nitrogens with zero attached hydrogens (tertiary/aromatic N) is 5. The molecule has 1 saturated heterocycles. The van der Waals surface area contributed by atoms with Gasteiger partial charge in [-0.05, 0) is 104 Å². The molecule has 2 aromatic heterocycles. The largest absolute Gasteiger partial charge is 0.491 e. The summed E-state index contributed by atoms with van der Waals surface area (Å²) in [4.78, 5) is 52.8. The zero-order valence-corrected chi connectivity index (χ0v) is 33.6. The Labute approximate surface area is 334 Å². The molecule has 1 aliphatic carbocycles. The van der Waals surface area contributed by atoms with Crippen LogP contribution in [0.4, 0.5) is 44.7 Å². The van der Waals surface area contributed by atoms with Crippen LogP contribution in [-0.2, 0) is 22.1 Å². The minimum Gasteiger partial charge on any atom is -0.491 e. The van der Waals surface area contributed by atoms with Crippen LogP contribution < -0.4 is 25.0 Å². The number of carbonyl (C=O) groups is 3. The molecule has 7 rings (SSSR count). The second kappa shape index (κ2) is 15.3. The Morgan fingerprint density at radius 1 is 0.879 bits per heavy atom. The van der Waals surface area contributed by atoms with Gasteiger partial charge in [0.25, 0.3) is 0 Å². The van der Waals surface area contributed by atoms with Gasteiger partial charge in [0.2, 0.25) is 0 Å². The fourth-order valence-corrected chi connectivity index (χ4v) is 7.08. The average Bonchev–Trinajstić information content (AvgIpc) is 3.69. The molecule has 0 bridgehead atoms. The van der Waals surface area contributed by atoms with Crippen LogP contribution in [0.25, 0.3) is 22.2 Å². The first-order valence-corrected chi connectivity index (χ1v) is 19.3. The molecule has 2 N–H and O–H groups in total. The van der Waals surface area contributed by atoms with Gasteiger partial charge in [0.15, 0.2) is 5.82 Å². The highest BCUT2D eigenvalue weighted by Gasteiger charge is 2.39. The van der Waals surface area contributed by atoms with E-state index in [-0.39, 0.29) is 36.0 Å². The van der Waals surface area contributed by atoms with E-state index in [1.165, 1.54) is 18.5 Å². The fraction of sp³-hybridized carbons (Fsp3) is 0.488. The zero-order chi connectivity index (χ0) is 41.7. The summed E-state index contributed by atoms with van der Waals surface area (Å²) >= 11 is 0. The van der Waals surface area contributed by atoms with Gasteiger partial charge in [0, 0.05) is 48.6 Å². The SMILES string of the molecule is CN1CCC(Oc2ccc(NC(=O)Nc3ccc(-c4cn(C5CC5)c5ncnc(N(C(=O)OC(C)(C)C)C(=O)OC(C)(C)C)c45)c4c3OCC4)cc2C(F)(F)F)CC1. The van der Waals surface area contributed by atoms with Crippen LogP contribution in [0.3, 0.4) is 0 Å². The minimum absolute atomic E-state index is 0.0295. The number of hydrogen-bond acceptors (Lipinski definition) is 10. The molecule has 4 heterocycles. The van der Waals surface area contributed by atoms with E-state index in [1.807, 2.05) is 17.8 Å². The Kier molecular flexibility index (Phi) is 10.7. The van der Waals surface area contributed by atoms with Crippen LogP contribution in [0, 0.1) is 0 Å². The lowest BCUT2D eigenvalue weighted by Crippen LogP contribution is -2.44. The average molecular weight is 808 g/mol. The topological polar surface area (TPSA) is 149 Å². The molecule has 4 aromatic rings. The number of aromatic nitrogens is 3. The van der Waals surface area contributed by atoms with Gasteiger partial charge in [-0.3, -0.25) is 0 Å². The predicted octanol–water partition coefficient (Wildman–Crippen LogP) is 9.18. The molecule has 2 aromatic carbocycles. The van der Waals surface area contributed by atoms with Crippen LogP contribution >= 0.6 is 0 Å². The number of imide groups is 1. The van der Waals surface area contributed by atoms with Crippen molar-refractivity contribution in [2.75, 3.05) is 42.3 Å². The number of hydrogen-bond donors (Lipinski definition) is 2. The number of piperidine rings is 1. The Morgan fingerprint density at radius 2 is 1.55 bits per heavy atom. The summed E-state index contributed by atoms with van der Waals surface area (Å²) in [6, 6.07) is 6.22. The second-order valence-electron chi connectivity index (χ2n) is 16.8. The van der Waals surface area contributed by atoms with Gasteiger partial charge < -0.3 is 39.0 Å². The molecule has 0 spiro atoms. The van der Waals surface area contributed by atoms with E-state index in [1.54, 1.807) is 53.7 Å². The molecule has 0 unspecified atom stereocenters. The standard InChI is InChI=1S/C41H48F3N7O7/c1-39(2,3)57-37(53)51(38(54)58-40(4,5)6)35-32-28(21-50(24-9-10-24)34(32)45-22-46-35)26-11-12-30(33-27(26)16-19-55-33)48-36(52)47-23-8-13-31(29(20-23)41(42,43)44)56-25-14-17-49(7)18-15-25/h8,11-13,20-22,24-25H,9-10,14-19H2,1-7H3,(H2,47,48,52). The highest BCUT2D eigenvalue weighted by atomic mass is 19.4. The first kappa shape index (κ1) is 40.6. The van der Waals surface area contributed by atoms with Crippen LogP contribution in [0.15, 0.2) is 42.9 Å². The van der Waals surface area contributed by atoms with Crippen LogP contribution in [0.1, 0.15) is 84.4 Å². The molecule has 0 atom stereocenters. The van der Waals surface area contributed by atoms with Crippen molar-refractivity contribution >= 4 is 46.4 Å². The highest BCUT2D eigenvalue weighted by Crippen LogP contribution is 2.47. The number of halogens is 3. The first-order valence-electron chi connectivity index (χ1n) is 19.3. The van der Waals surface area contributed by atoms with E-state index in [0.717, 1.165) is 42.5 Å². The third kappa shape index (κ3) is 8.93. The third-order valence-corrected chi connectivity index (χ3v) is 9.79. The predicted molar refractivity (Wildman–Crippen MR) is 211 cm³/mol. The van der Waals surface area contributed by atoms with E-state index in [2.05, 4.69) is 25.5 Å². The number of urea groups is 1. The quantitative estimate of drug-likeness (QED) is 0.185. The van der Waals surface area contributed by atoms with Gasteiger partial charge in [-0.2, -0.15) is 18.1 Å². The van der Waals surface area contributed by atoms with Gasteiger partial charge in [-0.1, -0.05) is 6.07 Å². The van der Waals surface area contributed by atoms with Gasteiger partial charge in [-0.15, -0.1) is 0 Å². The maximum Gasteiger partial charge on any atom is 0.425 e. The van der Waals surface area contributed by atoms with Crippen molar-refractivity contribution in [3.63, 3.8) is 0 Å². The van der Waals surface area contributed by atoms with E-state index >= 15 is 0 Å². The number of nitrogens with one attached hydrogen (secondary N) is 2. The van der Waals surface area contributed by atoms with Crippen molar-refractivity contribution in [3.05, 3.63) is 54.0 Å². The maximum atomic E-state index is 14.2. The normalized spacial score (nSPS) is 16.4. The Bertz CT molecular complexity index is 2210. The summed E-state index contributed by atoms with van der Waals surface area (Å²) in [5.74, 6) is 0.0530. The Hall–Kier alpha value is -5.58. The van der Waals surface area contributed by atoms with Crippen molar-refractivity contribution < 1.29 is 46.5 Å². The summed E-state index contributed by atoms with van der Waals surface area (Å²) in [6.45, 7) is 11.8. The summed E-state index contributed by atoms with van der Waals surface area (Å²) in [6.07, 6.45) is -0.358. The van der Waals surface area contributed by atoms with Crippen molar-refractivity contribution in [3.8, 4) is 22.6 Å². The van der Waals surface area contributed by atoms with Gasteiger partial charge in [-0.25, -0.2) is 24.4 Å². The van der Waals surface area contributed by atoms with Crippen LogP contribution in [0.5, 0.6) is 11.5 Å². The molecule has 14 nitrogen and oxygen atoms in total. The first-order chi connectivity index (χ1) is 27.3. The molecule has 4 amide bonds. The summed E-state index contributed by atoms with van der Waals surface area (Å²) in [5, 5.41) is 5.65. The number of anilines is 3. The van der Waals surface area contributed by atoms with E-state index < -0.39 is 41.2 Å². The van der Waals surface area contributed by atoms with E-state index in [0.29, 0.717) is 52.9 Å². The fourth-order valence-electron chi connectivity index (χ4n) is 7.08. The zero-order valence-electron chi connectivity index (χ0n) is 33.6. The monoisotopic (exact) mass is 807 g/mol. The lowest BCUT2D eigenvalue weighted by molar-refractivity contribution is -0.139. The lowest BCUT2D eigenvalue weighted by atomic mass is 9.97. The summed E-state index contributed by atoms with van der Waals surface area (Å²) < 4.78 is 67.7. The number of rotatable bonds is 7. The number of likely N-dealkylation sites (tertiary alicyclic amines) is 1. The molecular formula is C41H48F3N7O7. The molecule has 3 aliphatic rings. The molecule has 17 heteroatoms. The van der Waals surface area contributed by atoms with Crippen molar-refractivity contribution in [2.24, 2.45) is 0 Å². The smallest absolute Gasteiger partial charge is 0.425 e. The molecule has 2 aliphatic heterocycles. The molecule has 58 heavy (non-hydrogen) atoms. The summed E-state index contributed by atoms with van der Waals surface area (Å²) in [7, 11) is 1.95. The number of ether oxygens (including phenoxy) is 4. The van der Waals surface area contributed by atoms with Crippen molar-refractivity contribution in [1.82, 2.24) is 19.4 Å². The number of carbonyl (C=O) groups excluding carboxylic acids is 3. The number of amides is 4. The Balaban J connectivity index is 1.21. The lowest BCUT2D eigenvalue weighted by Gasteiger charge is -2.30. The molecule has 2 fully saturated rings. The molecule has 310 valence electrons. The maximum absolute atomic E-state index is 14.2. The second-order valence-corrected chi connectivity index (χ2v) is 16.8. The molecule has 0 radical (unpaired) electrons. The van der Waals surface area contributed by atoms with E-state index in [9.17, 15) is 27.6 Å². The van der Waals surface area contributed by atoms with Gasteiger partial charge >= 0.3 is 24.4 Å². The number of fused-ring (bicyclic) bond motifs is 2. The highest BCUT2D eigenvalue weighted by molar-refractivity contribution is 6.16. The number of benzene rings is 2. The molecule has 1 saturated carbocycles. The minimum atomic E-state index is -4.72. The van der Waals surface area contributed by atoms with Crippen LogP contribution in [-0.4, -0.2) is 81.7 Å². The molecular weight excluding hydrogens is 759 g/mol. The van der Waals surface area contributed by atoms with E-state index in [4.69, 9.17) is 18.9 Å².